The lowest BCUT2D eigenvalue weighted by Crippen LogP contribution is -2.14. The number of anilines is 1. The summed E-state index contributed by atoms with van der Waals surface area (Å²) >= 11 is 0. The molecule has 142 valence electrons. The molecule has 0 atom stereocenters. The Bertz CT molecular complexity index is 1190. The quantitative estimate of drug-likeness (QED) is 0.397. The highest BCUT2D eigenvalue weighted by Crippen LogP contribution is 2.29. The number of benzene rings is 3. The molecule has 0 unspecified atom stereocenters. The van der Waals surface area contributed by atoms with Gasteiger partial charge in [-0.05, 0) is 18.2 Å². The number of amides is 1. The Morgan fingerprint density at radius 3 is 2.41 bits per heavy atom. The van der Waals surface area contributed by atoms with E-state index in [1.165, 1.54) is 18.2 Å². The minimum atomic E-state index is -0.604. The number of nitro groups is 1. The zero-order chi connectivity index (χ0) is 20.2. The first-order valence-corrected chi connectivity index (χ1v) is 8.67. The van der Waals surface area contributed by atoms with Crippen molar-refractivity contribution in [2.45, 2.75) is 0 Å². The van der Waals surface area contributed by atoms with E-state index in [0.717, 1.165) is 5.56 Å². The Morgan fingerprint density at radius 1 is 0.931 bits per heavy atom. The third kappa shape index (κ3) is 3.72. The first-order valence-electron chi connectivity index (χ1n) is 8.67. The molecule has 1 N–H and O–H groups in total. The van der Waals surface area contributed by atoms with Crippen molar-refractivity contribution >= 4 is 17.3 Å². The molecule has 4 aromatic rings. The first-order chi connectivity index (χ1) is 14.1. The van der Waals surface area contributed by atoms with Crippen molar-refractivity contribution in [2.75, 3.05) is 5.32 Å². The van der Waals surface area contributed by atoms with E-state index in [9.17, 15) is 14.9 Å². The molecule has 4 rings (SSSR count). The van der Waals surface area contributed by atoms with Gasteiger partial charge in [-0.25, -0.2) is 0 Å². The maximum Gasteiger partial charge on any atom is 0.282 e. The largest absolute Gasteiger partial charge is 0.334 e. The van der Waals surface area contributed by atoms with Crippen LogP contribution in [0.15, 0.2) is 83.4 Å². The van der Waals surface area contributed by atoms with Gasteiger partial charge in [0.2, 0.25) is 5.82 Å². The number of nitrogens with one attached hydrogen (secondary N) is 1. The first kappa shape index (κ1) is 18.1. The molecular formula is C21H14N4O4. The fourth-order valence-electron chi connectivity index (χ4n) is 2.83. The molecule has 8 heteroatoms. The van der Waals surface area contributed by atoms with Gasteiger partial charge in [0.1, 0.15) is 5.56 Å². The normalized spacial score (nSPS) is 10.5. The Balaban J connectivity index is 1.66. The van der Waals surface area contributed by atoms with Gasteiger partial charge in [-0.1, -0.05) is 59.8 Å². The molecular weight excluding hydrogens is 372 g/mol. The number of nitrogens with zero attached hydrogens (tertiary/aromatic N) is 3. The van der Waals surface area contributed by atoms with Crippen LogP contribution in [0.3, 0.4) is 0 Å². The van der Waals surface area contributed by atoms with Crippen molar-refractivity contribution in [3.05, 3.63) is 94.5 Å². The number of carbonyl (C=O) groups is 1. The Morgan fingerprint density at radius 2 is 1.62 bits per heavy atom. The van der Waals surface area contributed by atoms with Crippen molar-refractivity contribution in [2.24, 2.45) is 0 Å². The molecule has 8 nitrogen and oxygen atoms in total. The van der Waals surface area contributed by atoms with Crippen LogP contribution < -0.4 is 5.32 Å². The van der Waals surface area contributed by atoms with Gasteiger partial charge in [0.15, 0.2) is 0 Å². The molecule has 0 bridgehead atoms. The minimum Gasteiger partial charge on any atom is -0.334 e. The fraction of sp³-hybridized carbons (Fsp3) is 0. The van der Waals surface area contributed by atoms with Gasteiger partial charge in [0.25, 0.3) is 17.5 Å². The van der Waals surface area contributed by atoms with Crippen LogP contribution in [0.1, 0.15) is 10.4 Å². The lowest BCUT2D eigenvalue weighted by Gasteiger charge is -2.08. The molecule has 0 radical (unpaired) electrons. The molecule has 3 aromatic carbocycles. The van der Waals surface area contributed by atoms with E-state index in [0.29, 0.717) is 17.1 Å². The summed E-state index contributed by atoms with van der Waals surface area (Å²) in [7, 11) is 0. The molecule has 1 amide bonds. The van der Waals surface area contributed by atoms with E-state index in [4.69, 9.17) is 4.52 Å². The van der Waals surface area contributed by atoms with Gasteiger partial charge >= 0.3 is 0 Å². The zero-order valence-electron chi connectivity index (χ0n) is 15.0. The number of hydrogen-bond donors (Lipinski definition) is 1. The minimum absolute atomic E-state index is 0.0391. The summed E-state index contributed by atoms with van der Waals surface area (Å²) in [6.45, 7) is 0. The average molecular weight is 386 g/mol. The predicted octanol–water partition coefficient (Wildman–Crippen LogP) is 4.56. The van der Waals surface area contributed by atoms with Gasteiger partial charge in [-0.3, -0.25) is 14.9 Å². The van der Waals surface area contributed by atoms with Crippen LogP contribution in [-0.4, -0.2) is 21.0 Å². The molecule has 0 aliphatic rings. The van der Waals surface area contributed by atoms with E-state index in [-0.39, 0.29) is 17.1 Å². The lowest BCUT2D eigenvalue weighted by molar-refractivity contribution is -0.385. The summed E-state index contributed by atoms with van der Waals surface area (Å²) in [5.41, 5.74) is 1.39. The third-order valence-corrected chi connectivity index (χ3v) is 4.21. The molecule has 0 fully saturated rings. The van der Waals surface area contributed by atoms with Crippen molar-refractivity contribution in [1.82, 2.24) is 10.1 Å². The topological polar surface area (TPSA) is 111 Å². The molecule has 0 aliphatic heterocycles. The van der Waals surface area contributed by atoms with Gasteiger partial charge in [0, 0.05) is 11.6 Å². The van der Waals surface area contributed by atoms with Crippen LogP contribution >= 0.6 is 0 Å². The standard InChI is InChI=1S/C21H14N4O4/c26-20(16-11-5-7-13-18(16)25(27)28)22-17-12-6-4-10-15(17)21-23-19(24-29-21)14-8-2-1-3-9-14/h1-13H,(H,22,26). The Hall–Kier alpha value is -4.33. The average Bonchev–Trinajstić information content (AvgIpc) is 3.25. The van der Waals surface area contributed by atoms with Crippen molar-refractivity contribution < 1.29 is 14.2 Å². The molecule has 1 aromatic heterocycles. The van der Waals surface area contributed by atoms with Crippen molar-refractivity contribution in [3.8, 4) is 22.8 Å². The van der Waals surface area contributed by atoms with Crippen molar-refractivity contribution in [1.29, 1.82) is 0 Å². The predicted molar refractivity (Wildman–Crippen MR) is 106 cm³/mol. The highest BCUT2D eigenvalue weighted by Gasteiger charge is 2.21. The molecule has 0 saturated carbocycles. The summed E-state index contributed by atoms with van der Waals surface area (Å²) in [5, 5.41) is 17.9. The summed E-state index contributed by atoms with van der Waals surface area (Å²) in [6.07, 6.45) is 0. The van der Waals surface area contributed by atoms with E-state index in [2.05, 4.69) is 15.5 Å². The molecule has 1 heterocycles. The number of rotatable bonds is 5. The second kappa shape index (κ2) is 7.73. The Kier molecular flexibility index (Phi) is 4.81. The summed E-state index contributed by atoms with van der Waals surface area (Å²) in [5.74, 6) is 0.0373. The highest BCUT2D eigenvalue weighted by molar-refractivity contribution is 6.08. The smallest absolute Gasteiger partial charge is 0.282 e. The van der Waals surface area contributed by atoms with Gasteiger partial charge in [-0.15, -0.1) is 0 Å². The molecule has 29 heavy (non-hydrogen) atoms. The van der Waals surface area contributed by atoms with Crippen LogP contribution in [0.2, 0.25) is 0 Å². The lowest BCUT2D eigenvalue weighted by atomic mass is 10.1. The fourth-order valence-corrected chi connectivity index (χ4v) is 2.83. The molecule has 0 aliphatic carbocycles. The van der Waals surface area contributed by atoms with Gasteiger partial charge < -0.3 is 9.84 Å². The van der Waals surface area contributed by atoms with Crippen LogP contribution in [0, 0.1) is 10.1 Å². The maximum atomic E-state index is 12.7. The monoisotopic (exact) mass is 386 g/mol. The summed E-state index contributed by atoms with van der Waals surface area (Å²) < 4.78 is 5.37. The maximum absolute atomic E-state index is 12.7. The van der Waals surface area contributed by atoms with E-state index < -0.39 is 10.8 Å². The van der Waals surface area contributed by atoms with Crippen LogP contribution in [0.4, 0.5) is 11.4 Å². The zero-order valence-corrected chi connectivity index (χ0v) is 15.0. The number of carbonyl (C=O) groups excluding carboxylic acids is 1. The van der Waals surface area contributed by atoms with E-state index >= 15 is 0 Å². The van der Waals surface area contributed by atoms with Gasteiger partial charge in [0.05, 0.1) is 16.2 Å². The van der Waals surface area contributed by atoms with Crippen molar-refractivity contribution in [3.63, 3.8) is 0 Å². The van der Waals surface area contributed by atoms with Crippen LogP contribution in [0.25, 0.3) is 22.8 Å². The number of para-hydroxylation sites is 2. The summed E-state index contributed by atoms with van der Waals surface area (Å²) in [4.78, 5) is 27.7. The number of aromatic nitrogens is 2. The van der Waals surface area contributed by atoms with Gasteiger partial charge in [-0.2, -0.15) is 4.98 Å². The van der Waals surface area contributed by atoms with Crippen LogP contribution in [0.5, 0.6) is 0 Å². The summed E-state index contributed by atoms with van der Waals surface area (Å²) in [6, 6.07) is 22.0. The second-order valence-corrected chi connectivity index (χ2v) is 6.06. The van der Waals surface area contributed by atoms with E-state index in [1.54, 1.807) is 30.3 Å². The Labute approximate surface area is 165 Å². The third-order valence-electron chi connectivity index (χ3n) is 4.21. The van der Waals surface area contributed by atoms with E-state index in [1.807, 2.05) is 30.3 Å². The second-order valence-electron chi connectivity index (χ2n) is 6.06. The molecule has 0 spiro atoms. The number of nitro benzene ring substituents is 1. The molecule has 0 saturated heterocycles. The SMILES string of the molecule is O=C(Nc1ccccc1-c1nc(-c2ccccc2)no1)c1ccccc1[N+](=O)[O-]. The number of hydrogen-bond acceptors (Lipinski definition) is 6. The van der Waals surface area contributed by atoms with Crippen LogP contribution in [-0.2, 0) is 0 Å². The highest BCUT2D eigenvalue weighted by atomic mass is 16.6.